The highest BCUT2D eigenvalue weighted by molar-refractivity contribution is 5.93. The van der Waals surface area contributed by atoms with Gasteiger partial charge in [0, 0.05) is 24.1 Å². The maximum atomic E-state index is 12.3. The van der Waals surface area contributed by atoms with Crippen LogP contribution < -0.4 is 14.8 Å². The molecule has 1 heterocycles. The first-order valence-corrected chi connectivity index (χ1v) is 7.94. The summed E-state index contributed by atoms with van der Waals surface area (Å²) in [6.07, 6.45) is 4.26. The molecule has 1 N–H and O–H groups in total. The monoisotopic (exact) mass is 336 g/mol. The summed E-state index contributed by atoms with van der Waals surface area (Å²) in [7, 11) is 3.15. The Morgan fingerprint density at radius 1 is 1.00 bits per heavy atom. The van der Waals surface area contributed by atoms with Crippen LogP contribution in [-0.4, -0.2) is 24.7 Å². The molecule has 0 aliphatic rings. The largest absolute Gasteiger partial charge is 0.497 e. The van der Waals surface area contributed by atoms with Gasteiger partial charge in [0.1, 0.15) is 11.5 Å². The number of hydrogen-bond donors (Lipinski definition) is 1. The van der Waals surface area contributed by atoms with Gasteiger partial charge in [0.15, 0.2) is 0 Å². The van der Waals surface area contributed by atoms with E-state index in [0.29, 0.717) is 23.6 Å². The minimum Gasteiger partial charge on any atom is -0.497 e. The third-order valence-electron chi connectivity index (χ3n) is 3.89. The normalized spacial score (nSPS) is 10.3. The van der Waals surface area contributed by atoms with Gasteiger partial charge in [-0.2, -0.15) is 0 Å². The molecule has 2 aromatic carbocycles. The van der Waals surface area contributed by atoms with E-state index >= 15 is 0 Å². The number of ether oxygens (including phenoxy) is 2. The van der Waals surface area contributed by atoms with E-state index in [4.69, 9.17) is 9.47 Å². The molecule has 5 heteroatoms. The highest BCUT2D eigenvalue weighted by Crippen LogP contribution is 2.29. The predicted octanol–water partition coefficient (Wildman–Crippen LogP) is 3.68. The summed E-state index contributed by atoms with van der Waals surface area (Å²) in [5, 5.41) is 2.88. The fourth-order valence-corrected chi connectivity index (χ4v) is 2.57. The topological polar surface area (TPSA) is 52.5 Å². The number of nitrogens with zero attached hydrogens (tertiary/aromatic N) is 1. The standard InChI is InChI=1S/C20H20N2O3/c1-24-17-9-10-18(19(14-17)25-2)21-20(23)13-15-5-7-16(8-6-15)22-11-3-4-12-22/h3-12,14H,13H2,1-2H3,(H,21,23). The summed E-state index contributed by atoms with van der Waals surface area (Å²) in [6.45, 7) is 0. The summed E-state index contributed by atoms with van der Waals surface area (Å²) in [5.74, 6) is 1.14. The third-order valence-corrected chi connectivity index (χ3v) is 3.89. The minimum absolute atomic E-state index is 0.0998. The van der Waals surface area contributed by atoms with E-state index in [-0.39, 0.29) is 5.91 Å². The van der Waals surface area contributed by atoms with Crippen LogP contribution in [0.5, 0.6) is 11.5 Å². The number of hydrogen-bond acceptors (Lipinski definition) is 3. The number of aromatic nitrogens is 1. The quantitative estimate of drug-likeness (QED) is 0.747. The first kappa shape index (κ1) is 16.6. The van der Waals surface area contributed by atoms with Crippen LogP contribution in [0.1, 0.15) is 5.56 Å². The van der Waals surface area contributed by atoms with E-state index in [1.807, 2.05) is 53.4 Å². The zero-order valence-corrected chi connectivity index (χ0v) is 14.2. The number of rotatable bonds is 6. The summed E-state index contributed by atoms with van der Waals surface area (Å²) in [4.78, 5) is 12.3. The molecule has 0 atom stereocenters. The van der Waals surface area contributed by atoms with Crippen molar-refractivity contribution < 1.29 is 14.3 Å². The number of carbonyl (C=O) groups excluding carboxylic acids is 1. The molecule has 0 bridgehead atoms. The lowest BCUT2D eigenvalue weighted by Crippen LogP contribution is -2.15. The van der Waals surface area contributed by atoms with Crippen molar-refractivity contribution in [3.05, 3.63) is 72.6 Å². The van der Waals surface area contributed by atoms with Gasteiger partial charge >= 0.3 is 0 Å². The molecule has 5 nitrogen and oxygen atoms in total. The zero-order valence-electron chi connectivity index (χ0n) is 14.2. The molecular formula is C20H20N2O3. The van der Waals surface area contributed by atoms with Crippen LogP contribution in [0.25, 0.3) is 5.69 Å². The van der Waals surface area contributed by atoms with Crippen molar-refractivity contribution >= 4 is 11.6 Å². The maximum absolute atomic E-state index is 12.3. The van der Waals surface area contributed by atoms with Gasteiger partial charge in [-0.1, -0.05) is 12.1 Å². The molecule has 0 saturated carbocycles. The van der Waals surface area contributed by atoms with Crippen LogP contribution in [0.4, 0.5) is 5.69 Å². The van der Waals surface area contributed by atoms with Crippen molar-refractivity contribution in [1.82, 2.24) is 4.57 Å². The molecule has 0 spiro atoms. The maximum Gasteiger partial charge on any atom is 0.228 e. The smallest absolute Gasteiger partial charge is 0.228 e. The van der Waals surface area contributed by atoms with Gasteiger partial charge in [0.05, 0.1) is 26.3 Å². The molecule has 0 unspecified atom stereocenters. The van der Waals surface area contributed by atoms with Gasteiger partial charge in [0.2, 0.25) is 5.91 Å². The van der Waals surface area contributed by atoms with Crippen LogP contribution >= 0.6 is 0 Å². The Labute approximate surface area is 146 Å². The summed E-state index contributed by atoms with van der Waals surface area (Å²) in [5.41, 5.74) is 2.63. The van der Waals surface area contributed by atoms with Gasteiger partial charge in [-0.05, 0) is 42.0 Å². The van der Waals surface area contributed by atoms with Gasteiger partial charge in [0.25, 0.3) is 0 Å². The van der Waals surface area contributed by atoms with E-state index in [1.54, 1.807) is 32.4 Å². The van der Waals surface area contributed by atoms with Crippen molar-refractivity contribution in [1.29, 1.82) is 0 Å². The molecule has 128 valence electrons. The second kappa shape index (κ2) is 7.57. The average molecular weight is 336 g/mol. The Balaban J connectivity index is 1.66. The number of nitrogens with one attached hydrogen (secondary N) is 1. The molecule has 0 fully saturated rings. The SMILES string of the molecule is COc1ccc(NC(=O)Cc2ccc(-n3cccc3)cc2)c(OC)c1. The van der Waals surface area contributed by atoms with Gasteiger partial charge in [-0.25, -0.2) is 0 Å². The highest BCUT2D eigenvalue weighted by Gasteiger charge is 2.10. The van der Waals surface area contributed by atoms with Crippen molar-refractivity contribution in [3.8, 4) is 17.2 Å². The third kappa shape index (κ3) is 4.01. The second-order valence-electron chi connectivity index (χ2n) is 5.55. The highest BCUT2D eigenvalue weighted by atomic mass is 16.5. The average Bonchev–Trinajstić information content (AvgIpc) is 3.17. The van der Waals surface area contributed by atoms with Crippen molar-refractivity contribution in [3.63, 3.8) is 0 Å². The number of methoxy groups -OCH3 is 2. The lowest BCUT2D eigenvalue weighted by molar-refractivity contribution is -0.115. The molecule has 0 saturated heterocycles. The number of amides is 1. The number of carbonyl (C=O) groups is 1. The van der Waals surface area contributed by atoms with Crippen LogP contribution in [0.15, 0.2) is 67.0 Å². The predicted molar refractivity (Wildman–Crippen MR) is 97.6 cm³/mol. The molecule has 0 aliphatic heterocycles. The lowest BCUT2D eigenvalue weighted by atomic mass is 10.1. The molecule has 1 amide bonds. The van der Waals surface area contributed by atoms with Gasteiger partial charge < -0.3 is 19.4 Å². The van der Waals surface area contributed by atoms with Crippen molar-refractivity contribution in [2.75, 3.05) is 19.5 Å². The first-order valence-electron chi connectivity index (χ1n) is 7.94. The lowest BCUT2D eigenvalue weighted by Gasteiger charge is -2.12. The van der Waals surface area contributed by atoms with Gasteiger partial charge in [-0.3, -0.25) is 4.79 Å². The van der Waals surface area contributed by atoms with Crippen LogP contribution in [0, 0.1) is 0 Å². The summed E-state index contributed by atoms with van der Waals surface area (Å²) < 4.78 is 12.5. The molecule has 1 aromatic heterocycles. The fourth-order valence-electron chi connectivity index (χ4n) is 2.57. The second-order valence-corrected chi connectivity index (χ2v) is 5.55. The molecule has 0 aliphatic carbocycles. The van der Waals surface area contributed by atoms with Crippen LogP contribution in [-0.2, 0) is 11.2 Å². The van der Waals surface area contributed by atoms with Crippen LogP contribution in [0.2, 0.25) is 0 Å². The molecule has 3 rings (SSSR count). The minimum atomic E-state index is -0.0998. The fraction of sp³-hybridized carbons (Fsp3) is 0.150. The molecule has 25 heavy (non-hydrogen) atoms. The Morgan fingerprint density at radius 2 is 1.72 bits per heavy atom. The van der Waals surface area contributed by atoms with E-state index in [1.165, 1.54) is 0 Å². The number of benzene rings is 2. The van der Waals surface area contributed by atoms with Gasteiger partial charge in [-0.15, -0.1) is 0 Å². The number of anilines is 1. The van der Waals surface area contributed by atoms with E-state index in [0.717, 1.165) is 11.3 Å². The Morgan fingerprint density at radius 3 is 2.36 bits per heavy atom. The summed E-state index contributed by atoms with van der Waals surface area (Å²) in [6, 6.07) is 17.1. The van der Waals surface area contributed by atoms with E-state index in [2.05, 4.69) is 5.32 Å². The summed E-state index contributed by atoms with van der Waals surface area (Å²) >= 11 is 0. The molecular weight excluding hydrogens is 316 g/mol. The first-order chi connectivity index (χ1) is 12.2. The van der Waals surface area contributed by atoms with E-state index < -0.39 is 0 Å². The molecule has 0 radical (unpaired) electrons. The zero-order chi connectivity index (χ0) is 17.6. The Hall–Kier alpha value is -3.21. The van der Waals surface area contributed by atoms with Crippen molar-refractivity contribution in [2.45, 2.75) is 6.42 Å². The van der Waals surface area contributed by atoms with Crippen LogP contribution in [0.3, 0.4) is 0 Å². The van der Waals surface area contributed by atoms with Crippen molar-refractivity contribution in [2.24, 2.45) is 0 Å². The molecule has 3 aromatic rings. The Bertz CT molecular complexity index is 840. The Kier molecular flexibility index (Phi) is 5.04. The van der Waals surface area contributed by atoms with E-state index in [9.17, 15) is 4.79 Å².